The SMILES string of the molecule is COc1cc(C(=O)OCC(=O)NC(=O)N[C@H]2CCCC[C@@H]2C)cc(Cl)c1OC. The monoisotopic (exact) mass is 412 g/mol. The Labute approximate surface area is 168 Å². The molecule has 0 aliphatic heterocycles. The molecule has 3 amide bonds. The van der Waals surface area contributed by atoms with Gasteiger partial charge in [0, 0.05) is 6.04 Å². The van der Waals surface area contributed by atoms with Crippen LogP contribution >= 0.6 is 11.6 Å². The summed E-state index contributed by atoms with van der Waals surface area (Å²) >= 11 is 6.05. The zero-order valence-electron chi connectivity index (χ0n) is 16.2. The van der Waals surface area contributed by atoms with E-state index in [2.05, 4.69) is 17.6 Å². The number of amides is 3. The van der Waals surface area contributed by atoms with Crippen LogP contribution in [-0.2, 0) is 9.53 Å². The summed E-state index contributed by atoms with van der Waals surface area (Å²) in [5, 5.41) is 5.13. The Morgan fingerprint density at radius 3 is 2.50 bits per heavy atom. The van der Waals surface area contributed by atoms with Gasteiger partial charge in [-0.1, -0.05) is 31.4 Å². The number of esters is 1. The molecular weight excluding hydrogens is 388 g/mol. The average molecular weight is 413 g/mol. The van der Waals surface area contributed by atoms with Gasteiger partial charge < -0.3 is 19.5 Å². The van der Waals surface area contributed by atoms with Gasteiger partial charge in [-0.25, -0.2) is 9.59 Å². The van der Waals surface area contributed by atoms with Crippen LogP contribution in [0.15, 0.2) is 12.1 Å². The van der Waals surface area contributed by atoms with E-state index in [1.165, 1.54) is 26.4 Å². The van der Waals surface area contributed by atoms with Gasteiger partial charge in [-0.2, -0.15) is 0 Å². The number of methoxy groups -OCH3 is 2. The van der Waals surface area contributed by atoms with Crippen molar-refractivity contribution in [2.24, 2.45) is 5.92 Å². The molecule has 28 heavy (non-hydrogen) atoms. The van der Waals surface area contributed by atoms with Gasteiger partial charge in [0.15, 0.2) is 18.1 Å². The zero-order chi connectivity index (χ0) is 20.7. The molecule has 1 aromatic rings. The van der Waals surface area contributed by atoms with E-state index in [-0.39, 0.29) is 28.1 Å². The van der Waals surface area contributed by atoms with Gasteiger partial charge in [0.1, 0.15) is 0 Å². The number of benzene rings is 1. The third kappa shape index (κ3) is 5.76. The minimum Gasteiger partial charge on any atom is -0.493 e. The molecule has 2 rings (SSSR count). The van der Waals surface area contributed by atoms with Gasteiger partial charge in [-0.15, -0.1) is 0 Å². The molecule has 1 aromatic carbocycles. The largest absolute Gasteiger partial charge is 0.493 e. The number of urea groups is 1. The molecule has 1 fully saturated rings. The molecule has 0 spiro atoms. The fourth-order valence-corrected chi connectivity index (χ4v) is 3.44. The quantitative estimate of drug-likeness (QED) is 0.696. The van der Waals surface area contributed by atoms with Gasteiger partial charge in [0.05, 0.1) is 24.8 Å². The van der Waals surface area contributed by atoms with Crippen molar-refractivity contribution in [1.82, 2.24) is 10.6 Å². The smallest absolute Gasteiger partial charge is 0.338 e. The molecule has 0 bridgehead atoms. The zero-order valence-corrected chi connectivity index (χ0v) is 16.9. The van der Waals surface area contributed by atoms with Crippen molar-refractivity contribution >= 4 is 29.5 Å². The number of ether oxygens (including phenoxy) is 3. The molecule has 154 valence electrons. The van der Waals surface area contributed by atoms with Crippen LogP contribution in [-0.4, -0.2) is 44.8 Å². The molecular formula is C19H25ClN2O6. The van der Waals surface area contributed by atoms with Crippen molar-refractivity contribution in [2.45, 2.75) is 38.6 Å². The molecule has 0 aromatic heterocycles. The minimum absolute atomic E-state index is 0.0398. The van der Waals surface area contributed by atoms with Crippen molar-refractivity contribution < 1.29 is 28.6 Å². The van der Waals surface area contributed by atoms with Gasteiger partial charge in [-0.05, 0) is 30.9 Å². The number of carbonyl (C=O) groups is 3. The molecule has 8 nitrogen and oxygen atoms in total. The van der Waals surface area contributed by atoms with Gasteiger partial charge in [-0.3, -0.25) is 10.1 Å². The highest BCUT2D eigenvalue weighted by Crippen LogP contribution is 2.36. The lowest BCUT2D eigenvalue weighted by molar-refractivity contribution is -0.123. The Kier molecular flexibility index (Phi) is 7.92. The Morgan fingerprint density at radius 2 is 1.86 bits per heavy atom. The highest BCUT2D eigenvalue weighted by molar-refractivity contribution is 6.32. The summed E-state index contributed by atoms with van der Waals surface area (Å²) < 4.78 is 15.2. The van der Waals surface area contributed by atoms with Crippen LogP contribution in [0.5, 0.6) is 11.5 Å². The summed E-state index contributed by atoms with van der Waals surface area (Å²) in [6.07, 6.45) is 4.13. The first-order valence-corrected chi connectivity index (χ1v) is 9.42. The van der Waals surface area contributed by atoms with Crippen molar-refractivity contribution in [3.63, 3.8) is 0 Å². The van der Waals surface area contributed by atoms with Crippen LogP contribution in [0.1, 0.15) is 43.0 Å². The van der Waals surface area contributed by atoms with E-state index < -0.39 is 24.5 Å². The molecule has 1 aliphatic carbocycles. The maximum Gasteiger partial charge on any atom is 0.338 e. The average Bonchev–Trinajstić information content (AvgIpc) is 2.67. The van der Waals surface area contributed by atoms with Crippen LogP contribution in [0, 0.1) is 5.92 Å². The van der Waals surface area contributed by atoms with Crippen molar-refractivity contribution in [3.05, 3.63) is 22.7 Å². The molecule has 0 radical (unpaired) electrons. The van der Waals surface area contributed by atoms with Crippen molar-refractivity contribution in [2.75, 3.05) is 20.8 Å². The first kappa shape index (κ1) is 21.8. The predicted octanol–water partition coefficient (Wildman–Crippen LogP) is 2.92. The fraction of sp³-hybridized carbons (Fsp3) is 0.526. The first-order valence-electron chi connectivity index (χ1n) is 9.04. The molecule has 0 heterocycles. The van der Waals surface area contributed by atoms with Crippen molar-refractivity contribution in [3.8, 4) is 11.5 Å². The standard InChI is InChI=1S/C19H25ClN2O6/c1-11-6-4-5-7-14(11)21-19(25)22-16(23)10-28-18(24)12-8-13(20)17(27-3)15(9-12)26-2/h8-9,11,14H,4-7,10H2,1-3H3,(H2,21,22,23,25)/t11-,14-/m0/s1. The number of carbonyl (C=O) groups excluding carboxylic acids is 3. The number of halogens is 1. The van der Waals surface area contributed by atoms with E-state index in [1.54, 1.807) is 0 Å². The Hall–Kier alpha value is -2.48. The topological polar surface area (TPSA) is 103 Å². The van der Waals surface area contributed by atoms with Crippen LogP contribution in [0.2, 0.25) is 5.02 Å². The number of hydrogen-bond acceptors (Lipinski definition) is 6. The third-order valence-electron chi connectivity index (χ3n) is 4.68. The van der Waals surface area contributed by atoms with Crippen LogP contribution in [0.4, 0.5) is 4.79 Å². The van der Waals surface area contributed by atoms with Crippen molar-refractivity contribution in [1.29, 1.82) is 0 Å². The van der Waals surface area contributed by atoms with Crippen LogP contribution in [0.3, 0.4) is 0 Å². The highest BCUT2D eigenvalue weighted by Gasteiger charge is 2.23. The predicted molar refractivity (Wildman–Crippen MR) is 103 cm³/mol. The van der Waals surface area contributed by atoms with E-state index in [4.69, 9.17) is 25.8 Å². The number of nitrogens with one attached hydrogen (secondary N) is 2. The molecule has 2 N–H and O–H groups in total. The summed E-state index contributed by atoms with van der Waals surface area (Å²) in [5.41, 5.74) is 0.0935. The van der Waals surface area contributed by atoms with Crippen LogP contribution < -0.4 is 20.1 Å². The summed E-state index contributed by atoms with van der Waals surface area (Å²) in [5.74, 6) is -0.595. The fourth-order valence-electron chi connectivity index (χ4n) is 3.15. The van der Waals surface area contributed by atoms with Gasteiger partial charge >= 0.3 is 12.0 Å². The maximum absolute atomic E-state index is 12.2. The molecule has 0 unspecified atom stereocenters. The number of hydrogen-bond donors (Lipinski definition) is 2. The highest BCUT2D eigenvalue weighted by atomic mass is 35.5. The lowest BCUT2D eigenvalue weighted by Gasteiger charge is -2.29. The van der Waals surface area contributed by atoms with Gasteiger partial charge in [0.2, 0.25) is 0 Å². The van der Waals surface area contributed by atoms with E-state index in [9.17, 15) is 14.4 Å². The first-order chi connectivity index (χ1) is 13.3. The Balaban J connectivity index is 1.86. The summed E-state index contributed by atoms with van der Waals surface area (Å²) in [4.78, 5) is 36.0. The summed E-state index contributed by atoms with van der Waals surface area (Å²) in [6.45, 7) is 1.47. The van der Waals surface area contributed by atoms with Gasteiger partial charge in [0.25, 0.3) is 5.91 Å². The summed E-state index contributed by atoms with van der Waals surface area (Å²) in [7, 11) is 2.83. The second-order valence-corrected chi connectivity index (χ2v) is 7.07. The lowest BCUT2D eigenvalue weighted by Crippen LogP contribution is -2.48. The van der Waals surface area contributed by atoms with E-state index in [1.807, 2.05) is 0 Å². The van der Waals surface area contributed by atoms with E-state index in [0.29, 0.717) is 5.92 Å². The maximum atomic E-state index is 12.2. The van der Waals surface area contributed by atoms with Crippen LogP contribution in [0.25, 0.3) is 0 Å². The molecule has 0 saturated heterocycles. The molecule has 1 saturated carbocycles. The Bertz CT molecular complexity index is 739. The number of imide groups is 1. The van der Waals surface area contributed by atoms with E-state index in [0.717, 1.165) is 25.7 Å². The third-order valence-corrected chi connectivity index (χ3v) is 4.97. The van der Waals surface area contributed by atoms with E-state index >= 15 is 0 Å². The minimum atomic E-state index is -0.778. The second kappa shape index (κ2) is 10.2. The molecule has 9 heteroatoms. The lowest BCUT2D eigenvalue weighted by atomic mass is 9.86. The summed E-state index contributed by atoms with van der Waals surface area (Å²) in [6, 6.07) is 2.19. The number of rotatable bonds is 6. The molecule has 1 aliphatic rings. The normalized spacial score (nSPS) is 18.7. The second-order valence-electron chi connectivity index (χ2n) is 6.66. The molecule has 2 atom stereocenters. The Morgan fingerprint density at radius 1 is 1.14 bits per heavy atom.